The second-order valence-electron chi connectivity index (χ2n) is 3.42. The second kappa shape index (κ2) is 6.98. The van der Waals surface area contributed by atoms with E-state index in [0.29, 0.717) is 24.3 Å². The molecule has 1 rings (SSSR count). The van der Waals surface area contributed by atoms with Gasteiger partial charge in [-0.2, -0.15) is 0 Å². The van der Waals surface area contributed by atoms with E-state index in [-0.39, 0.29) is 11.7 Å². The van der Waals surface area contributed by atoms with E-state index in [4.69, 9.17) is 16.3 Å². The minimum Gasteiger partial charge on any atom is -0.379 e. The monoisotopic (exact) mass is 265 g/mol. The van der Waals surface area contributed by atoms with Crippen LogP contribution in [0, 0.1) is 0 Å². The first-order chi connectivity index (χ1) is 7.66. The van der Waals surface area contributed by atoms with Crippen molar-refractivity contribution in [3.63, 3.8) is 0 Å². The molecular weight excluding hydrogens is 250 g/mol. The molecule has 0 aliphatic rings. The van der Waals surface area contributed by atoms with E-state index in [2.05, 4.69) is 10.2 Å². The Morgan fingerprint density at radius 1 is 1.56 bits per heavy atom. The number of thioether (sulfide) groups is 1. The molecule has 0 aliphatic heterocycles. The number of H-pyrrole nitrogens is 1. The number of alkyl halides is 1. The van der Waals surface area contributed by atoms with Gasteiger partial charge < -0.3 is 4.74 Å². The maximum Gasteiger partial charge on any atom is 0.344 e. The second-order valence-corrected chi connectivity index (χ2v) is 4.86. The molecule has 7 heteroatoms. The largest absolute Gasteiger partial charge is 0.379 e. The van der Waals surface area contributed by atoms with Crippen LogP contribution in [0.4, 0.5) is 0 Å². The van der Waals surface area contributed by atoms with Crippen molar-refractivity contribution in [1.29, 1.82) is 0 Å². The molecule has 0 aromatic carbocycles. The highest BCUT2D eigenvalue weighted by Crippen LogP contribution is 2.16. The smallest absolute Gasteiger partial charge is 0.344 e. The summed E-state index contributed by atoms with van der Waals surface area (Å²) in [5.74, 6) is 1.26. The van der Waals surface area contributed by atoms with E-state index in [9.17, 15) is 4.79 Å². The van der Waals surface area contributed by atoms with Crippen LogP contribution in [-0.4, -0.2) is 39.6 Å². The number of hydrogen-bond donors (Lipinski definition) is 1. The van der Waals surface area contributed by atoms with Gasteiger partial charge in [-0.05, 0) is 13.8 Å². The van der Waals surface area contributed by atoms with Gasteiger partial charge in [0.1, 0.15) is 0 Å². The molecule has 0 spiro atoms. The van der Waals surface area contributed by atoms with Crippen molar-refractivity contribution in [2.75, 3.05) is 24.8 Å². The molecule has 0 bridgehead atoms. The van der Waals surface area contributed by atoms with Gasteiger partial charge in [-0.15, -0.1) is 16.7 Å². The van der Waals surface area contributed by atoms with Gasteiger partial charge in [0.05, 0.1) is 13.2 Å². The summed E-state index contributed by atoms with van der Waals surface area (Å²) in [6, 6.07) is 0.109. The normalized spacial score (nSPS) is 11.2. The third-order valence-electron chi connectivity index (χ3n) is 1.87. The lowest BCUT2D eigenvalue weighted by atomic mass is 10.4. The average molecular weight is 266 g/mol. The van der Waals surface area contributed by atoms with Gasteiger partial charge in [-0.3, -0.25) is 4.57 Å². The van der Waals surface area contributed by atoms with E-state index >= 15 is 0 Å². The summed E-state index contributed by atoms with van der Waals surface area (Å²) >= 11 is 6.97. The van der Waals surface area contributed by atoms with Crippen LogP contribution in [0.15, 0.2) is 9.95 Å². The highest BCUT2D eigenvalue weighted by molar-refractivity contribution is 7.99. The third kappa shape index (κ3) is 3.84. The molecule has 1 aromatic rings. The van der Waals surface area contributed by atoms with E-state index in [1.54, 1.807) is 4.57 Å². The van der Waals surface area contributed by atoms with Crippen molar-refractivity contribution in [3.8, 4) is 0 Å². The number of halogens is 1. The van der Waals surface area contributed by atoms with E-state index in [1.165, 1.54) is 11.8 Å². The molecule has 1 heterocycles. The first kappa shape index (κ1) is 13.6. The molecule has 16 heavy (non-hydrogen) atoms. The van der Waals surface area contributed by atoms with Gasteiger partial charge in [0.15, 0.2) is 5.16 Å². The standard InChI is InChI=1S/C9H16ClN3O2S/c1-7(2)13-8(14)11-12-9(13)16-6-5-15-4-3-10/h7H,3-6H2,1-2H3,(H,11,14). The molecule has 0 saturated carbocycles. The van der Waals surface area contributed by atoms with Crippen molar-refractivity contribution in [3.05, 3.63) is 10.5 Å². The molecular formula is C9H16ClN3O2S. The van der Waals surface area contributed by atoms with Crippen molar-refractivity contribution < 1.29 is 4.74 Å². The zero-order chi connectivity index (χ0) is 12.0. The Morgan fingerprint density at radius 3 is 2.94 bits per heavy atom. The highest BCUT2D eigenvalue weighted by atomic mass is 35.5. The van der Waals surface area contributed by atoms with Gasteiger partial charge in [0.25, 0.3) is 0 Å². The summed E-state index contributed by atoms with van der Waals surface area (Å²) in [7, 11) is 0. The molecule has 5 nitrogen and oxygen atoms in total. The molecule has 0 amide bonds. The lowest BCUT2D eigenvalue weighted by molar-refractivity contribution is 0.166. The Bertz CT molecular complexity index is 364. The lowest BCUT2D eigenvalue weighted by Crippen LogP contribution is -2.19. The molecule has 1 aromatic heterocycles. The van der Waals surface area contributed by atoms with Gasteiger partial charge in [-0.25, -0.2) is 9.89 Å². The van der Waals surface area contributed by atoms with E-state index < -0.39 is 0 Å². The SMILES string of the molecule is CC(C)n1c(SCCOCCCl)n[nH]c1=O. The Kier molecular flexibility index (Phi) is 5.94. The van der Waals surface area contributed by atoms with Crippen LogP contribution in [-0.2, 0) is 4.74 Å². The first-order valence-electron chi connectivity index (χ1n) is 5.10. The number of nitrogens with zero attached hydrogens (tertiary/aromatic N) is 2. The summed E-state index contributed by atoms with van der Waals surface area (Å²) in [6.45, 7) is 5.06. The molecule has 92 valence electrons. The summed E-state index contributed by atoms with van der Waals surface area (Å²) < 4.78 is 6.86. The first-order valence-corrected chi connectivity index (χ1v) is 6.62. The van der Waals surface area contributed by atoms with Gasteiger partial charge in [-0.1, -0.05) is 11.8 Å². The highest BCUT2D eigenvalue weighted by Gasteiger charge is 2.10. The summed E-state index contributed by atoms with van der Waals surface area (Å²) in [6.07, 6.45) is 0. The maximum atomic E-state index is 11.4. The van der Waals surface area contributed by atoms with E-state index in [1.807, 2.05) is 13.8 Å². The predicted molar refractivity (Wildman–Crippen MR) is 65.5 cm³/mol. The molecule has 0 aliphatic carbocycles. The zero-order valence-electron chi connectivity index (χ0n) is 9.40. The Morgan fingerprint density at radius 2 is 2.31 bits per heavy atom. The number of aromatic nitrogens is 3. The van der Waals surface area contributed by atoms with Gasteiger partial charge in [0.2, 0.25) is 0 Å². The molecule has 0 atom stereocenters. The van der Waals surface area contributed by atoms with Crippen molar-refractivity contribution in [1.82, 2.24) is 14.8 Å². The van der Waals surface area contributed by atoms with Crippen LogP contribution in [0.5, 0.6) is 0 Å². The number of nitrogens with one attached hydrogen (secondary N) is 1. The van der Waals surface area contributed by atoms with Crippen LogP contribution in [0.25, 0.3) is 0 Å². The molecule has 0 unspecified atom stereocenters. The maximum absolute atomic E-state index is 11.4. The quantitative estimate of drug-likeness (QED) is 0.461. The van der Waals surface area contributed by atoms with Crippen molar-refractivity contribution >= 4 is 23.4 Å². The van der Waals surface area contributed by atoms with Gasteiger partial charge in [0, 0.05) is 17.7 Å². The zero-order valence-corrected chi connectivity index (χ0v) is 11.0. The fourth-order valence-corrected chi connectivity index (χ4v) is 2.23. The van der Waals surface area contributed by atoms with Crippen LogP contribution < -0.4 is 5.69 Å². The van der Waals surface area contributed by atoms with Gasteiger partial charge >= 0.3 is 5.69 Å². The van der Waals surface area contributed by atoms with Crippen LogP contribution in [0.3, 0.4) is 0 Å². The molecule has 0 fully saturated rings. The topological polar surface area (TPSA) is 59.9 Å². The predicted octanol–water partition coefficient (Wildman–Crippen LogP) is 1.50. The van der Waals surface area contributed by atoms with Crippen LogP contribution in [0.2, 0.25) is 0 Å². The summed E-state index contributed by atoms with van der Waals surface area (Å²) in [4.78, 5) is 11.4. The van der Waals surface area contributed by atoms with Crippen LogP contribution >= 0.6 is 23.4 Å². The summed E-state index contributed by atoms with van der Waals surface area (Å²) in [5.41, 5.74) is -0.167. The summed E-state index contributed by atoms with van der Waals surface area (Å²) in [5, 5.41) is 7.11. The lowest BCUT2D eigenvalue weighted by Gasteiger charge is -2.08. The Labute approximate surface area is 104 Å². The van der Waals surface area contributed by atoms with Crippen molar-refractivity contribution in [2.24, 2.45) is 0 Å². The fourth-order valence-electron chi connectivity index (χ4n) is 1.20. The molecule has 0 radical (unpaired) electrons. The van der Waals surface area contributed by atoms with Crippen LogP contribution in [0.1, 0.15) is 19.9 Å². The minimum atomic E-state index is -0.167. The third-order valence-corrected chi connectivity index (χ3v) is 2.94. The number of rotatable bonds is 7. The van der Waals surface area contributed by atoms with E-state index in [0.717, 1.165) is 5.75 Å². The van der Waals surface area contributed by atoms with Crippen molar-refractivity contribution in [2.45, 2.75) is 25.0 Å². The number of hydrogen-bond acceptors (Lipinski definition) is 4. The number of aromatic amines is 1. The molecule has 1 N–H and O–H groups in total. The minimum absolute atomic E-state index is 0.109. The Balaban J connectivity index is 2.45. The average Bonchev–Trinajstić information content (AvgIpc) is 2.59. The number of ether oxygens (including phenoxy) is 1. The fraction of sp³-hybridized carbons (Fsp3) is 0.778. The Hall–Kier alpha value is -0.460. The molecule has 0 saturated heterocycles.